The molecule has 0 bridgehead atoms. The van der Waals surface area contributed by atoms with E-state index in [0.717, 1.165) is 36.5 Å². The summed E-state index contributed by atoms with van der Waals surface area (Å²) in [6, 6.07) is 4.30. The van der Waals surface area contributed by atoms with Crippen molar-refractivity contribution in [1.29, 1.82) is 0 Å². The SMILES string of the molecule is CCS(=O)(=O)c1cc(-c2nc(C)cc(C3CC3)n2)cnc1-c1[nH]c2cc(C(F)(F)F)ncc2[n+]1C. The lowest BCUT2D eigenvalue weighted by molar-refractivity contribution is -0.633. The summed E-state index contributed by atoms with van der Waals surface area (Å²) in [6.07, 6.45) is 0.0946. The van der Waals surface area contributed by atoms with Gasteiger partial charge in [0.1, 0.15) is 10.6 Å². The lowest BCUT2D eigenvalue weighted by Crippen LogP contribution is -2.30. The van der Waals surface area contributed by atoms with Crippen molar-refractivity contribution >= 4 is 20.9 Å². The zero-order valence-corrected chi connectivity index (χ0v) is 20.0. The van der Waals surface area contributed by atoms with Gasteiger partial charge in [0, 0.05) is 35.1 Å². The standard InChI is InChI=1S/C23H21F3N6O2S/c1-4-35(33,34)18-8-14(21-29-12(2)7-15(30-21)13-5-6-13)10-28-20(18)22-31-16-9-19(23(24,25)26)27-11-17(16)32(22)3/h7-11,13H,4-6H2,1-3H3/p+1. The third kappa shape index (κ3) is 4.26. The number of fused-ring (bicyclic) bond motifs is 1. The molecule has 0 unspecified atom stereocenters. The number of imidazole rings is 1. The van der Waals surface area contributed by atoms with Gasteiger partial charge in [-0.05, 0) is 31.9 Å². The molecule has 4 aromatic rings. The fourth-order valence-electron chi connectivity index (χ4n) is 3.97. The second kappa shape index (κ2) is 8.08. The van der Waals surface area contributed by atoms with Crippen molar-refractivity contribution < 1.29 is 26.2 Å². The molecule has 4 aromatic heterocycles. The first-order chi connectivity index (χ1) is 16.5. The van der Waals surface area contributed by atoms with Crippen LogP contribution in [0.1, 0.15) is 42.8 Å². The Labute approximate surface area is 199 Å². The fourth-order valence-corrected chi connectivity index (χ4v) is 5.03. The number of sulfone groups is 1. The van der Waals surface area contributed by atoms with E-state index in [0.29, 0.717) is 22.8 Å². The van der Waals surface area contributed by atoms with E-state index < -0.39 is 21.7 Å². The number of nitrogens with one attached hydrogen (secondary N) is 1. The van der Waals surface area contributed by atoms with Crippen LogP contribution < -0.4 is 4.57 Å². The maximum absolute atomic E-state index is 13.1. The Morgan fingerprint density at radius 3 is 2.51 bits per heavy atom. The topological polar surface area (TPSA) is 105 Å². The average molecular weight is 504 g/mol. The van der Waals surface area contributed by atoms with Gasteiger partial charge in [-0.1, -0.05) is 6.92 Å². The molecule has 0 aliphatic heterocycles. The van der Waals surface area contributed by atoms with E-state index in [4.69, 9.17) is 0 Å². The fraction of sp³-hybridized carbons (Fsp3) is 0.348. The molecule has 0 amide bonds. The van der Waals surface area contributed by atoms with E-state index in [-0.39, 0.29) is 27.7 Å². The number of alkyl halides is 3. The van der Waals surface area contributed by atoms with Crippen LogP contribution in [0.25, 0.3) is 33.9 Å². The molecule has 0 atom stereocenters. The van der Waals surface area contributed by atoms with Crippen molar-refractivity contribution in [1.82, 2.24) is 24.9 Å². The minimum absolute atomic E-state index is 0.0539. The van der Waals surface area contributed by atoms with Gasteiger partial charge in [0.15, 0.2) is 32.4 Å². The summed E-state index contributed by atoms with van der Waals surface area (Å²) < 4.78 is 67.1. The molecular weight excluding hydrogens is 481 g/mol. The van der Waals surface area contributed by atoms with Gasteiger partial charge in [0.25, 0.3) is 0 Å². The van der Waals surface area contributed by atoms with Gasteiger partial charge in [-0.2, -0.15) is 13.2 Å². The summed E-state index contributed by atoms with van der Waals surface area (Å²) in [5.41, 5.74) is 1.72. The maximum atomic E-state index is 13.1. The molecule has 1 saturated carbocycles. The van der Waals surface area contributed by atoms with Crippen molar-refractivity contribution in [3.05, 3.63) is 47.7 Å². The Morgan fingerprint density at radius 1 is 1.11 bits per heavy atom. The predicted octanol–water partition coefficient (Wildman–Crippen LogP) is 3.90. The molecule has 8 nitrogen and oxygen atoms in total. The molecule has 5 rings (SSSR count). The van der Waals surface area contributed by atoms with Crippen LogP contribution in [0.5, 0.6) is 0 Å². The van der Waals surface area contributed by atoms with Crippen LogP contribution >= 0.6 is 0 Å². The van der Waals surface area contributed by atoms with E-state index in [1.54, 1.807) is 7.05 Å². The number of hydrogen-bond acceptors (Lipinski definition) is 6. The normalized spacial score (nSPS) is 14.6. The van der Waals surface area contributed by atoms with Crippen molar-refractivity contribution in [2.75, 3.05) is 5.75 Å². The number of nitrogens with zero attached hydrogens (tertiary/aromatic N) is 5. The van der Waals surface area contributed by atoms with E-state index in [1.165, 1.54) is 23.8 Å². The molecule has 0 aromatic carbocycles. The minimum Gasteiger partial charge on any atom is -0.247 e. The molecule has 0 radical (unpaired) electrons. The van der Waals surface area contributed by atoms with Crippen LogP contribution in [0.4, 0.5) is 13.2 Å². The van der Waals surface area contributed by atoms with Crippen molar-refractivity contribution in [3.8, 4) is 22.9 Å². The van der Waals surface area contributed by atoms with Crippen molar-refractivity contribution in [3.63, 3.8) is 0 Å². The van der Waals surface area contributed by atoms with Gasteiger partial charge in [-0.15, -0.1) is 0 Å². The number of aryl methyl sites for hydroxylation is 2. The molecule has 12 heteroatoms. The molecular formula is C23H22F3N6O2S+. The predicted molar refractivity (Wildman–Crippen MR) is 121 cm³/mol. The smallest absolute Gasteiger partial charge is 0.247 e. The van der Waals surface area contributed by atoms with Gasteiger partial charge in [0.2, 0.25) is 0 Å². The Balaban J connectivity index is 1.69. The average Bonchev–Trinajstić information content (AvgIpc) is 3.61. The van der Waals surface area contributed by atoms with Crippen molar-refractivity contribution in [2.24, 2.45) is 7.05 Å². The second-order valence-electron chi connectivity index (χ2n) is 8.62. The first-order valence-corrected chi connectivity index (χ1v) is 12.7. The minimum atomic E-state index is -4.61. The van der Waals surface area contributed by atoms with Crippen LogP contribution in [-0.4, -0.2) is 39.1 Å². The number of rotatable bonds is 5. The molecule has 182 valence electrons. The van der Waals surface area contributed by atoms with Crippen LogP contribution in [0.2, 0.25) is 0 Å². The number of hydrogen-bond donors (Lipinski definition) is 1. The van der Waals surface area contributed by atoms with Gasteiger partial charge in [-0.25, -0.2) is 37.9 Å². The maximum Gasteiger partial charge on any atom is 0.433 e. The highest BCUT2D eigenvalue weighted by Gasteiger charge is 2.35. The molecule has 0 saturated heterocycles. The number of aromatic amines is 1. The summed E-state index contributed by atoms with van der Waals surface area (Å²) in [5.74, 6) is 0.834. The Bertz CT molecular complexity index is 1580. The second-order valence-corrected chi connectivity index (χ2v) is 10.9. The number of halogens is 3. The first kappa shape index (κ1) is 23.3. The summed E-state index contributed by atoms with van der Waals surface area (Å²) >= 11 is 0. The monoisotopic (exact) mass is 503 g/mol. The van der Waals surface area contributed by atoms with Crippen LogP contribution in [-0.2, 0) is 23.1 Å². The third-order valence-corrected chi connectivity index (χ3v) is 7.78. The largest absolute Gasteiger partial charge is 0.433 e. The van der Waals surface area contributed by atoms with Gasteiger partial charge < -0.3 is 0 Å². The number of aromatic nitrogens is 6. The lowest BCUT2D eigenvalue weighted by atomic mass is 10.2. The van der Waals surface area contributed by atoms with Crippen LogP contribution in [0.3, 0.4) is 0 Å². The zero-order valence-electron chi connectivity index (χ0n) is 19.2. The summed E-state index contributed by atoms with van der Waals surface area (Å²) in [5, 5.41) is 0. The van der Waals surface area contributed by atoms with Crippen molar-refractivity contribution in [2.45, 2.75) is 43.7 Å². The Morgan fingerprint density at radius 2 is 1.86 bits per heavy atom. The molecule has 1 N–H and O–H groups in total. The quantitative estimate of drug-likeness (QED) is 0.414. The molecule has 1 aliphatic carbocycles. The highest BCUT2D eigenvalue weighted by Crippen LogP contribution is 2.40. The molecule has 1 fully saturated rings. The van der Waals surface area contributed by atoms with Crippen LogP contribution in [0.15, 0.2) is 35.5 Å². The summed E-state index contributed by atoms with van der Waals surface area (Å²) in [6.45, 7) is 3.38. The first-order valence-electron chi connectivity index (χ1n) is 11.0. The molecule has 1 aliphatic rings. The Hall–Kier alpha value is -3.41. The third-order valence-electron chi connectivity index (χ3n) is 6.04. The van der Waals surface area contributed by atoms with E-state index in [2.05, 4.69) is 24.9 Å². The number of pyridine rings is 2. The van der Waals surface area contributed by atoms with E-state index >= 15 is 0 Å². The lowest BCUT2D eigenvalue weighted by Gasteiger charge is -2.10. The molecule has 0 spiro atoms. The highest BCUT2D eigenvalue weighted by molar-refractivity contribution is 7.91. The summed E-state index contributed by atoms with van der Waals surface area (Å²) in [7, 11) is -2.16. The number of H-pyrrole nitrogens is 1. The zero-order chi connectivity index (χ0) is 25.1. The molecule has 4 heterocycles. The van der Waals surface area contributed by atoms with E-state index in [9.17, 15) is 21.6 Å². The van der Waals surface area contributed by atoms with E-state index in [1.807, 2.05) is 13.0 Å². The van der Waals surface area contributed by atoms with Crippen LogP contribution in [0, 0.1) is 6.92 Å². The van der Waals surface area contributed by atoms with Gasteiger partial charge in [0.05, 0.1) is 19.0 Å². The summed E-state index contributed by atoms with van der Waals surface area (Å²) in [4.78, 5) is 19.9. The van der Waals surface area contributed by atoms with Gasteiger partial charge in [-0.3, -0.25) is 0 Å². The van der Waals surface area contributed by atoms with Gasteiger partial charge >= 0.3 is 12.0 Å². The molecule has 35 heavy (non-hydrogen) atoms. The highest BCUT2D eigenvalue weighted by atomic mass is 32.2. The Kier molecular flexibility index (Phi) is 5.38.